The van der Waals surface area contributed by atoms with Gasteiger partial charge in [-0.15, -0.1) is 0 Å². The number of ether oxygens (including phenoxy) is 1. The molecule has 0 radical (unpaired) electrons. The van der Waals surface area contributed by atoms with Gasteiger partial charge >= 0.3 is 0 Å². The van der Waals surface area contributed by atoms with Gasteiger partial charge < -0.3 is 14.7 Å². The van der Waals surface area contributed by atoms with E-state index >= 15 is 0 Å². The van der Waals surface area contributed by atoms with Gasteiger partial charge in [0.15, 0.2) is 0 Å². The van der Waals surface area contributed by atoms with Crippen LogP contribution in [-0.4, -0.2) is 47.0 Å². The summed E-state index contributed by atoms with van der Waals surface area (Å²) in [6.45, 7) is 11.0. The number of nitrogens with zero attached hydrogens (tertiary/aromatic N) is 3. The van der Waals surface area contributed by atoms with E-state index in [9.17, 15) is 5.11 Å². The lowest BCUT2D eigenvalue weighted by Gasteiger charge is -2.56. The maximum atomic E-state index is 10.3. The van der Waals surface area contributed by atoms with Crippen molar-refractivity contribution in [3.8, 4) is 0 Å². The Hall–Kier alpha value is -1.20. The summed E-state index contributed by atoms with van der Waals surface area (Å²) >= 11 is 0. The van der Waals surface area contributed by atoms with Crippen LogP contribution in [0.25, 0.3) is 0 Å². The number of piperidine rings is 1. The van der Waals surface area contributed by atoms with E-state index in [4.69, 9.17) is 9.72 Å². The monoisotopic (exact) mass is 319 g/mol. The zero-order valence-corrected chi connectivity index (χ0v) is 14.7. The number of hydrogen-bond donors (Lipinski definition) is 1. The lowest BCUT2D eigenvalue weighted by atomic mass is 9.58. The molecule has 1 saturated heterocycles. The fourth-order valence-electron chi connectivity index (χ4n) is 3.86. The van der Waals surface area contributed by atoms with E-state index < -0.39 is 0 Å². The Morgan fingerprint density at radius 1 is 1.35 bits per heavy atom. The molecule has 5 nitrogen and oxygen atoms in total. The first-order valence-corrected chi connectivity index (χ1v) is 8.75. The number of aliphatic hydroxyl groups is 1. The second-order valence-corrected chi connectivity index (χ2v) is 7.90. The highest BCUT2D eigenvalue weighted by atomic mass is 16.5. The van der Waals surface area contributed by atoms with Gasteiger partial charge in [-0.05, 0) is 25.8 Å². The molecule has 1 spiro atoms. The summed E-state index contributed by atoms with van der Waals surface area (Å²) in [5, 5.41) is 10.3. The molecule has 1 aromatic heterocycles. The molecule has 0 aromatic carbocycles. The zero-order chi connectivity index (χ0) is 16.7. The minimum Gasteiger partial charge on any atom is -0.392 e. The van der Waals surface area contributed by atoms with Gasteiger partial charge in [-0.3, -0.25) is 0 Å². The molecule has 2 unspecified atom stereocenters. The predicted molar refractivity (Wildman–Crippen MR) is 90.6 cm³/mol. The summed E-state index contributed by atoms with van der Waals surface area (Å²) in [6, 6.07) is 1.99. The topological polar surface area (TPSA) is 58.5 Å². The lowest BCUT2D eigenvalue weighted by Crippen LogP contribution is -2.62. The van der Waals surface area contributed by atoms with Gasteiger partial charge in [0.05, 0.1) is 12.2 Å². The molecule has 2 atom stereocenters. The average molecular weight is 319 g/mol. The Morgan fingerprint density at radius 2 is 2.04 bits per heavy atom. The highest BCUT2D eigenvalue weighted by Gasteiger charge is 2.56. The molecule has 2 fully saturated rings. The van der Waals surface area contributed by atoms with Gasteiger partial charge in [0, 0.05) is 43.1 Å². The molecule has 2 heterocycles. The van der Waals surface area contributed by atoms with Crippen molar-refractivity contribution in [1.82, 2.24) is 9.97 Å². The third kappa shape index (κ3) is 2.96. The number of aliphatic hydroxyl groups excluding tert-OH is 1. The van der Waals surface area contributed by atoms with Crippen molar-refractivity contribution < 1.29 is 9.84 Å². The van der Waals surface area contributed by atoms with Crippen LogP contribution >= 0.6 is 0 Å². The van der Waals surface area contributed by atoms with Crippen LogP contribution in [0.1, 0.15) is 52.8 Å². The van der Waals surface area contributed by atoms with Crippen molar-refractivity contribution in [2.75, 3.05) is 24.6 Å². The predicted octanol–water partition coefficient (Wildman–Crippen LogP) is 2.53. The summed E-state index contributed by atoms with van der Waals surface area (Å²) in [4.78, 5) is 11.5. The zero-order valence-electron chi connectivity index (χ0n) is 14.7. The van der Waals surface area contributed by atoms with Gasteiger partial charge in [-0.25, -0.2) is 9.97 Å². The molecule has 5 heteroatoms. The number of aromatic nitrogens is 2. The second-order valence-electron chi connectivity index (χ2n) is 7.90. The maximum absolute atomic E-state index is 10.3. The van der Waals surface area contributed by atoms with E-state index in [0.717, 1.165) is 50.6 Å². The maximum Gasteiger partial charge on any atom is 0.135 e. The van der Waals surface area contributed by atoms with Crippen molar-refractivity contribution in [1.29, 1.82) is 0 Å². The normalized spacial score (nSPS) is 27.1. The molecule has 1 aromatic rings. The van der Waals surface area contributed by atoms with E-state index in [0.29, 0.717) is 0 Å². The summed E-state index contributed by atoms with van der Waals surface area (Å²) in [5.41, 5.74) is -0.0797. The van der Waals surface area contributed by atoms with Gasteiger partial charge in [0.2, 0.25) is 0 Å². The van der Waals surface area contributed by atoms with Crippen LogP contribution in [0.4, 0.5) is 5.82 Å². The van der Waals surface area contributed by atoms with Crippen LogP contribution < -0.4 is 4.90 Å². The van der Waals surface area contributed by atoms with E-state index in [-0.39, 0.29) is 23.0 Å². The first kappa shape index (κ1) is 16.7. The Labute approximate surface area is 139 Å². The first-order valence-electron chi connectivity index (χ1n) is 8.75. The van der Waals surface area contributed by atoms with E-state index in [2.05, 4.69) is 30.7 Å². The fourth-order valence-corrected chi connectivity index (χ4v) is 3.86. The highest BCUT2D eigenvalue weighted by molar-refractivity contribution is 5.39. The molecule has 0 amide bonds. The van der Waals surface area contributed by atoms with Crippen molar-refractivity contribution in [3.05, 3.63) is 18.1 Å². The molecule has 1 saturated carbocycles. The van der Waals surface area contributed by atoms with Crippen molar-refractivity contribution >= 4 is 5.82 Å². The largest absolute Gasteiger partial charge is 0.392 e. The third-order valence-corrected chi connectivity index (χ3v) is 5.44. The van der Waals surface area contributed by atoms with Gasteiger partial charge in [0.1, 0.15) is 11.6 Å². The van der Waals surface area contributed by atoms with Crippen LogP contribution in [0.2, 0.25) is 0 Å². The summed E-state index contributed by atoms with van der Waals surface area (Å²) < 4.78 is 5.84. The molecule has 1 N–H and O–H groups in total. The molecule has 0 bridgehead atoms. The van der Waals surface area contributed by atoms with Crippen molar-refractivity contribution in [3.63, 3.8) is 0 Å². The molecular weight excluding hydrogens is 290 g/mol. The first-order chi connectivity index (χ1) is 10.9. The Bertz CT molecular complexity index is 545. The van der Waals surface area contributed by atoms with Crippen LogP contribution in [-0.2, 0) is 10.2 Å². The number of anilines is 1. The molecule has 1 aliphatic carbocycles. The van der Waals surface area contributed by atoms with E-state index in [1.54, 1.807) is 0 Å². The lowest BCUT2D eigenvalue weighted by molar-refractivity contribution is -0.199. The highest BCUT2D eigenvalue weighted by Crippen LogP contribution is 2.51. The summed E-state index contributed by atoms with van der Waals surface area (Å²) in [5.74, 6) is 1.88. The quantitative estimate of drug-likeness (QED) is 0.928. The van der Waals surface area contributed by atoms with Crippen molar-refractivity contribution in [2.24, 2.45) is 5.41 Å². The SMILES string of the molecule is CCOC1CC(O)C12CCN(c1ccnc(C(C)(C)C)n1)CC2. The van der Waals surface area contributed by atoms with E-state index in [1.807, 2.05) is 19.2 Å². The van der Waals surface area contributed by atoms with Crippen molar-refractivity contribution in [2.45, 2.75) is 64.6 Å². The van der Waals surface area contributed by atoms with Gasteiger partial charge in [0.25, 0.3) is 0 Å². The molecular formula is C18H29N3O2. The Kier molecular flexibility index (Phi) is 4.36. The smallest absolute Gasteiger partial charge is 0.135 e. The minimum absolute atomic E-state index is 0.0353. The van der Waals surface area contributed by atoms with Gasteiger partial charge in [-0.1, -0.05) is 20.8 Å². The van der Waals surface area contributed by atoms with Gasteiger partial charge in [-0.2, -0.15) is 0 Å². The van der Waals surface area contributed by atoms with Crippen LogP contribution in [0.5, 0.6) is 0 Å². The Balaban J connectivity index is 1.70. The number of hydrogen-bond acceptors (Lipinski definition) is 5. The second kappa shape index (κ2) is 6.02. The molecule has 128 valence electrons. The van der Waals surface area contributed by atoms with E-state index in [1.165, 1.54) is 0 Å². The molecule has 3 rings (SSSR count). The third-order valence-electron chi connectivity index (χ3n) is 5.44. The summed E-state index contributed by atoms with van der Waals surface area (Å²) in [7, 11) is 0. The fraction of sp³-hybridized carbons (Fsp3) is 0.778. The summed E-state index contributed by atoms with van der Waals surface area (Å²) in [6.07, 6.45) is 4.59. The van der Waals surface area contributed by atoms with Crippen LogP contribution in [0, 0.1) is 5.41 Å². The molecule has 23 heavy (non-hydrogen) atoms. The van der Waals surface area contributed by atoms with Crippen LogP contribution in [0.3, 0.4) is 0 Å². The standard InChI is InChI=1S/C18H29N3O2/c1-5-23-14-12-13(22)18(14)7-10-21(11-8-18)15-6-9-19-16(20-15)17(2,3)4/h6,9,13-14,22H,5,7-8,10-12H2,1-4H3. The Morgan fingerprint density at radius 3 is 2.61 bits per heavy atom. The minimum atomic E-state index is -0.211. The van der Waals surface area contributed by atoms with Crippen LogP contribution in [0.15, 0.2) is 12.3 Å². The average Bonchev–Trinajstić information content (AvgIpc) is 2.54. The molecule has 2 aliphatic rings. The number of rotatable bonds is 3. The molecule has 1 aliphatic heterocycles.